The van der Waals surface area contributed by atoms with Gasteiger partial charge in [0.05, 0.1) is 8.95 Å². The standard InChI is InChI=1S/C14H11Br2ClN2O2/c15-11-5-9(18)6-12(16)14(11)21-7-13(20)19-10-3-1-8(17)2-4-10/h1-6H,7,18H2,(H,19,20). The van der Waals surface area contributed by atoms with Crippen molar-refractivity contribution >= 4 is 60.7 Å². The molecular weight excluding hydrogens is 423 g/mol. The van der Waals surface area contributed by atoms with Crippen molar-refractivity contribution in [2.24, 2.45) is 0 Å². The zero-order valence-corrected chi connectivity index (χ0v) is 14.6. The summed E-state index contributed by atoms with van der Waals surface area (Å²) in [5, 5.41) is 3.32. The zero-order chi connectivity index (χ0) is 15.4. The summed E-state index contributed by atoms with van der Waals surface area (Å²) in [5.41, 5.74) is 6.94. The molecule has 3 N–H and O–H groups in total. The molecule has 0 saturated heterocycles. The van der Waals surface area contributed by atoms with Crippen molar-refractivity contribution in [2.75, 3.05) is 17.7 Å². The Hall–Kier alpha value is -1.24. The summed E-state index contributed by atoms with van der Waals surface area (Å²) < 4.78 is 6.84. The molecule has 0 aliphatic carbocycles. The Morgan fingerprint density at radius 2 is 1.76 bits per heavy atom. The molecule has 0 heterocycles. The van der Waals surface area contributed by atoms with Crippen LogP contribution in [-0.2, 0) is 4.79 Å². The molecule has 1 amide bonds. The molecule has 2 aromatic rings. The van der Waals surface area contributed by atoms with E-state index >= 15 is 0 Å². The molecule has 2 aromatic carbocycles. The second-order valence-electron chi connectivity index (χ2n) is 4.16. The second-order valence-corrected chi connectivity index (χ2v) is 6.30. The van der Waals surface area contributed by atoms with Crippen LogP contribution < -0.4 is 15.8 Å². The van der Waals surface area contributed by atoms with E-state index in [4.69, 9.17) is 22.1 Å². The van der Waals surface area contributed by atoms with E-state index in [-0.39, 0.29) is 12.5 Å². The van der Waals surface area contributed by atoms with Gasteiger partial charge in [-0.3, -0.25) is 4.79 Å². The van der Waals surface area contributed by atoms with Crippen LogP contribution in [0.2, 0.25) is 5.02 Å². The van der Waals surface area contributed by atoms with E-state index in [9.17, 15) is 4.79 Å². The Bertz CT molecular complexity index is 640. The van der Waals surface area contributed by atoms with Crippen LogP contribution in [0.4, 0.5) is 11.4 Å². The SMILES string of the molecule is Nc1cc(Br)c(OCC(=O)Nc2ccc(Cl)cc2)c(Br)c1. The first-order valence-electron chi connectivity index (χ1n) is 5.88. The molecule has 110 valence electrons. The molecule has 0 atom stereocenters. The number of carbonyl (C=O) groups excluding carboxylic acids is 1. The minimum atomic E-state index is -0.270. The third-order valence-electron chi connectivity index (χ3n) is 2.50. The Morgan fingerprint density at radius 1 is 1.19 bits per heavy atom. The third-order valence-corrected chi connectivity index (χ3v) is 3.93. The lowest BCUT2D eigenvalue weighted by atomic mass is 10.3. The molecule has 0 bridgehead atoms. The molecule has 0 unspecified atom stereocenters. The number of amides is 1. The van der Waals surface area contributed by atoms with E-state index in [1.165, 1.54) is 0 Å². The number of nitrogens with one attached hydrogen (secondary N) is 1. The minimum absolute atomic E-state index is 0.121. The molecule has 0 radical (unpaired) electrons. The summed E-state index contributed by atoms with van der Waals surface area (Å²) >= 11 is 12.5. The maximum Gasteiger partial charge on any atom is 0.262 e. The van der Waals surface area contributed by atoms with Crippen molar-refractivity contribution in [3.63, 3.8) is 0 Å². The molecule has 4 nitrogen and oxygen atoms in total. The van der Waals surface area contributed by atoms with Crippen LogP contribution in [0.1, 0.15) is 0 Å². The lowest BCUT2D eigenvalue weighted by molar-refractivity contribution is -0.118. The molecule has 0 spiro atoms. The summed E-state index contributed by atoms with van der Waals surface area (Å²) in [6, 6.07) is 10.2. The van der Waals surface area contributed by atoms with Gasteiger partial charge < -0.3 is 15.8 Å². The molecule has 2 rings (SSSR count). The first-order chi connectivity index (χ1) is 9.95. The monoisotopic (exact) mass is 432 g/mol. The topological polar surface area (TPSA) is 64.3 Å². The summed E-state index contributed by atoms with van der Waals surface area (Å²) in [6.45, 7) is -0.121. The highest BCUT2D eigenvalue weighted by atomic mass is 79.9. The van der Waals surface area contributed by atoms with Gasteiger partial charge in [-0.1, -0.05) is 11.6 Å². The zero-order valence-electron chi connectivity index (χ0n) is 10.7. The van der Waals surface area contributed by atoms with Gasteiger partial charge in [-0.25, -0.2) is 0 Å². The van der Waals surface area contributed by atoms with Crippen LogP contribution in [-0.4, -0.2) is 12.5 Å². The van der Waals surface area contributed by atoms with Crippen molar-refractivity contribution in [3.8, 4) is 5.75 Å². The summed E-state index contributed by atoms with van der Waals surface area (Å²) in [5.74, 6) is 0.253. The number of halogens is 3. The Labute approximate surface area is 143 Å². The van der Waals surface area contributed by atoms with Gasteiger partial charge >= 0.3 is 0 Å². The Balaban J connectivity index is 1.97. The van der Waals surface area contributed by atoms with Gasteiger partial charge in [0.15, 0.2) is 6.61 Å². The highest BCUT2D eigenvalue weighted by Crippen LogP contribution is 2.35. The third kappa shape index (κ3) is 4.62. The summed E-state index contributed by atoms with van der Waals surface area (Å²) in [6.07, 6.45) is 0. The number of nitrogens with two attached hydrogens (primary N) is 1. The van der Waals surface area contributed by atoms with E-state index in [2.05, 4.69) is 37.2 Å². The van der Waals surface area contributed by atoms with E-state index in [1.54, 1.807) is 36.4 Å². The molecule has 21 heavy (non-hydrogen) atoms. The number of hydrogen-bond donors (Lipinski definition) is 2. The Kier molecular flexibility index (Phi) is 5.50. The fourth-order valence-electron chi connectivity index (χ4n) is 1.59. The predicted molar refractivity (Wildman–Crippen MR) is 91.8 cm³/mol. The van der Waals surface area contributed by atoms with Gasteiger partial charge in [0.25, 0.3) is 5.91 Å². The van der Waals surface area contributed by atoms with Crippen LogP contribution in [0.5, 0.6) is 5.75 Å². The minimum Gasteiger partial charge on any atom is -0.481 e. The first-order valence-corrected chi connectivity index (χ1v) is 7.85. The highest BCUT2D eigenvalue weighted by Gasteiger charge is 2.10. The van der Waals surface area contributed by atoms with Crippen LogP contribution in [0.15, 0.2) is 45.3 Å². The number of ether oxygens (including phenoxy) is 1. The number of carbonyl (C=O) groups is 1. The summed E-state index contributed by atoms with van der Waals surface area (Å²) in [7, 11) is 0. The fourth-order valence-corrected chi connectivity index (χ4v) is 3.16. The van der Waals surface area contributed by atoms with Gasteiger partial charge in [-0.15, -0.1) is 0 Å². The van der Waals surface area contributed by atoms with Crippen LogP contribution in [0.3, 0.4) is 0 Å². The number of rotatable bonds is 4. The predicted octanol–water partition coefficient (Wildman–Crippen LogP) is 4.46. The molecule has 0 aliphatic rings. The van der Waals surface area contributed by atoms with E-state index in [0.717, 1.165) is 0 Å². The lowest BCUT2D eigenvalue weighted by Crippen LogP contribution is -2.20. The van der Waals surface area contributed by atoms with Crippen LogP contribution in [0, 0.1) is 0 Å². The summed E-state index contributed by atoms with van der Waals surface area (Å²) in [4.78, 5) is 11.8. The van der Waals surface area contributed by atoms with Crippen molar-refractivity contribution in [1.29, 1.82) is 0 Å². The quantitative estimate of drug-likeness (QED) is 0.698. The maximum absolute atomic E-state index is 11.8. The van der Waals surface area contributed by atoms with Crippen molar-refractivity contribution in [2.45, 2.75) is 0 Å². The number of hydrogen-bond acceptors (Lipinski definition) is 3. The molecule has 0 aromatic heterocycles. The maximum atomic E-state index is 11.8. The average Bonchev–Trinajstić information content (AvgIpc) is 2.40. The fraction of sp³-hybridized carbons (Fsp3) is 0.0714. The smallest absolute Gasteiger partial charge is 0.262 e. The molecule has 0 aliphatic heterocycles. The van der Waals surface area contributed by atoms with Crippen LogP contribution >= 0.6 is 43.5 Å². The van der Waals surface area contributed by atoms with Gasteiger partial charge in [0, 0.05) is 16.4 Å². The molecule has 0 saturated carbocycles. The van der Waals surface area contributed by atoms with Gasteiger partial charge in [-0.05, 0) is 68.3 Å². The largest absolute Gasteiger partial charge is 0.481 e. The highest BCUT2D eigenvalue weighted by molar-refractivity contribution is 9.11. The van der Waals surface area contributed by atoms with Crippen molar-refractivity contribution < 1.29 is 9.53 Å². The Morgan fingerprint density at radius 3 is 2.33 bits per heavy atom. The average molecular weight is 435 g/mol. The van der Waals surface area contributed by atoms with Gasteiger partial charge in [0.1, 0.15) is 5.75 Å². The van der Waals surface area contributed by atoms with Crippen molar-refractivity contribution in [1.82, 2.24) is 0 Å². The number of benzene rings is 2. The lowest BCUT2D eigenvalue weighted by Gasteiger charge is -2.11. The van der Waals surface area contributed by atoms with E-state index in [1.807, 2.05) is 0 Å². The number of nitrogen functional groups attached to an aromatic ring is 1. The first kappa shape index (κ1) is 16.1. The van der Waals surface area contributed by atoms with Crippen LogP contribution in [0.25, 0.3) is 0 Å². The number of anilines is 2. The normalized spacial score (nSPS) is 10.2. The molecule has 7 heteroatoms. The molecule has 0 fully saturated rings. The van der Waals surface area contributed by atoms with Gasteiger partial charge in [-0.2, -0.15) is 0 Å². The van der Waals surface area contributed by atoms with E-state index in [0.29, 0.717) is 31.1 Å². The van der Waals surface area contributed by atoms with E-state index < -0.39 is 0 Å². The molecular formula is C14H11Br2ClN2O2. The van der Waals surface area contributed by atoms with Gasteiger partial charge in [0.2, 0.25) is 0 Å². The second kappa shape index (κ2) is 7.15. The van der Waals surface area contributed by atoms with Crippen molar-refractivity contribution in [3.05, 3.63) is 50.4 Å².